The Labute approximate surface area is 459 Å². The third-order valence-corrected chi connectivity index (χ3v) is 16.8. The van der Waals surface area contributed by atoms with E-state index in [2.05, 4.69) is 131 Å². The van der Waals surface area contributed by atoms with E-state index in [9.17, 15) is 30.8 Å². The van der Waals surface area contributed by atoms with Gasteiger partial charge in [-0.2, -0.15) is 21.2 Å². The monoisotopic (exact) mass is 1100 g/mol. The van der Waals surface area contributed by atoms with Crippen molar-refractivity contribution in [3.63, 3.8) is 0 Å². The van der Waals surface area contributed by atoms with Crippen LogP contribution < -0.4 is 30.3 Å². The Bertz CT molecular complexity index is 2990. The van der Waals surface area contributed by atoms with E-state index in [4.69, 9.17) is 4.98 Å². The maximum atomic E-state index is 14.6. The first-order valence-corrected chi connectivity index (χ1v) is 30.0. The summed E-state index contributed by atoms with van der Waals surface area (Å²) in [6.07, 6.45) is 6.19. The Morgan fingerprint density at radius 3 is 2.06 bits per heavy atom. The van der Waals surface area contributed by atoms with Crippen molar-refractivity contribution >= 4 is 49.3 Å². The van der Waals surface area contributed by atoms with Crippen molar-refractivity contribution in [2.24, 2.45) is 34.5 Å². The highest BCUT2D eigenvalue weighted by molar-refractivity contribution is 7.90. The third kappa shape index (κ3) is 16.9. The Morgan fingerprint density at radius 2 is 1.45 bits per heavy atom. The number of nitrogens with one attached hydrogen (secondary N) is 5. The van der Waals surface area contributed by atoms with E-state index in [1.807, 2.05) is 31.6 Å². The van der Waals surface area contributed by atoms with Crippen LogP contribution in [0.25, 0.3) is 0 Å². The van der Waals surface area contributed by atoms with Gasteiger partial charge >= 0.3 is 0 Å². The first-order valence-electron chi connectivity index (χ1n) is 27.1. The summed E-state index contributed by atoms with van der Waals surface area (Å²) in [6.45, 7) is 37.2. The average molecular weight is 1100 g/mol. The van der Waals surface area contributed by atoms with E-state index in [0.29, 0.717) is 59.9 Å². The second-order valence-corrected chi connectivity index (χ2v) is 30.8. The first-order chi connectivity index (χ1) is 35.3. The molecule has 2 fully saturated rings. The molecule has 4 aromatic heterocycles. The molecule has 16 nitrogen and oxygen atoms in total. The van der Waals surface area contributed by atoms with Crippen molar-refractivity contribution in [1.29, 1.82) is 0 Å². The lowest BCUT2D eigenvalue weighted by Gasteiger charge is -2.34. The van der Waals surface area contributed by atoms with Crippen LogP contribution in [0.5, 0.6) is 0 Å². The molecule has 7 heterocycles. The standard InChI is InChI=1S/C29H44FN5O3S.C29H43N5O3S/c1-27(2,3)15-19(14-20-16-29(7,8)32-18-20)17-31-23-10-9-11-24(34-23)39(37,38)35-26(36)21-12-13-22(28(4,5)6)33-25(21)30;1-27(2,3)15-19-14-20-16-29(7,8)34(18-20)25-21(12-13-22(31-25)28(4,5)6)26(35)33-38(36,37)24-11-9-10-23(32-24)30-17-19/h9-13,19-20,32H,14-18H2,1-8H3,(H,31,34)(H,35,36);9-13,19-20H,14-18H2,1-8H3,(H,30,32)(H,33,35)/t2*19?,20-/m00/s1. The first kappa shape index (κ1) is 61.0. The fourth-order valence-corrected chi connectivity index (χ4v) is 12.9. The molecule has 19 heteroatoms. The highest BCUT2D eigenvalue weighted by atomic mass is 32.2. The number of hydrogen-bond acceptors (Lipinski definition) is 14. The van der Waals surface area contributed by atoms with Crippen molar-refractivity contribution in [1.82, 2.24) is 34.7 Å². The molecule has 424 valence electrons. The number of sulfonamides is 2. The predicted molar refractivity (Wildman–Crippen MR) is 305 cm³/mol. The van der Waals surface area contributed by atoms with E-state index < -0.39 is 48.8 Å². The lowest BCUT2D eigenvalue weighted by atomic mass is 9.79. The van der Waals surface area contributed by atoms with Gasteiger partial charge in [-0.25, -0.2) is 29.4 Å². The maximum Gasteiger partial charge on any atom is 0.281 e. The minimum absolute atomic E-state index is 0.145. The van der Waals surface area contributed by atoms with Gasteiger partial charge in [0.1, 0.15) is 17.5 Å². The summed E-state index contributed by atoms with van der Waals surface area (Å²) in [4.78, 5) is 45.8. The van der Waals surface area contributed by atoms with Gasteiger partial charge in [-0.15, -0.1) is 0 Å². The lowest BCUT2D eigenvalue weighted by molar-refractivity contribution is 0.0969. The Kier molecular flexibility index (Phi) is 18.1. The van der Waals surface area contributed by atoms with Crippen LogP contribution in [-0.2, 0) is 30.9 Å². The van der Waals surface area contributed by atoms with Crippen LogP contribution in [-0.4, -0.2) is 85.8 Å². The molecule has 77 heavy (non-hydrogen) atoms. The molecule has 2 saturated heterocycles. The van der Waals surface area contributed by atoms with Crippen LogP contribution in [0.4, 0.5) is 21.8 Å². The number of hydrogen-bond donors (Lipinski definition) is 5. The quantitative estimate of drug-likeness (QED) is 0.0934. The number of aromatic nitrogens is 4. The Balaban J connectivity index is 0.000000250. The average Bonchev–Trinajstić information content (AvgIpc) is 3.79. The van der Waals surface area contributed by atoms with Crippen LogP contribution in [0.1, 0.15) is 181 Å². The second kappa shape index (κ2) is 22.8. The molecule has 4 bridgehead atoms. The summed E-state index contributed by atoms with van der Waals surface area (Å²) in [7, 11) is -8.53. The number of carbonyl (C=O) groups excluding carboxylic acids is 2. The number of carbonyl (C=O) groups is 2. The minimum atomic E-state index is -4.34. The Hall–Kier alpha value is -5.27. The summed E-state index contributed by atoms with van der Waals surface area (Å²) >= 11 is 0. The molecule has 7 rings (SSSR count). The molecule has 4 atom stereocenters. The van der Waals surface area contributed by atoms with Crippen molar-refractivity contribution in [3.05, 3.63) is 89.1 Å². The fourth-order valence-electron chi connectivity index (χ4n) is 11.1. The number of anilines is 3. The van der Waals surface area contributed by atoms with Crippen LogP contribution in [0.15, 0.2) is 70.7 Å². The van der Waals surface area contributed by atoms with Crippen molar-refractivity contribution in [2.75, 3.05) is 41.7 Å². The number of pyridine rings is 4. The summed E-state index contributed by atoms with van der Waals surface area (Å²) in [6, 6.07) is 15.7. The van der Waals surface area contributed by atoms with Gasteiger partial charge < -0.3 is 20.9 Å². The second-order valence-electron chi connectivity index (χ2n) is 27.5. The SMILES string of the molecule is CC(C)(C)CC(CNc1cccc(S(=O)(=O)NC(=O)c2ccc(C(C)(C)C)nc2F)n1)C[C@@H]1CNC(C)(C)C1.CC(C)(C)CC1CNc2cccc(n2)S(=O)(=O)NC(=O)c2ccc(C(C)(C)C)nc2N2C[C@@H](C1)CC2(C)C. The van der Waals surface area contributed by atoms with E-state index in [1.54, 1.807) is 30.3 Å². The van der Waals surface area contributed by atoms with Gasteiger partial charge in [0.15, 0.2) is 10.1 Å². The molecule has 5 N–H and O–H groups in total. The van der Waals surface area contributed by atoms with E-state index in [1.165, 1.54) is 24.3 Å². The number of rotatable bonds is 10. The molecule has 0 saturated carbocycles. The molecule has 0 spiro atoms. The molecular weight excluding hydrogens is 1020 g/mol. The molecule has 2 amide bonds. The molecule has 4 aromatic rings. The van der Waals surface area contributed by atoms with Crippen LogP contribution in [0.3, 0.4) is 0 Å². The van der Waals surface area contributed by atoms with Crippen molar-refractivity contribution in [2.45, 2.75) is 181 Å². The molecule has 0 radical (unpaired) electrons. The van der Waals surface area contributed by atoms with Crippen molar-refractivity contribution in [3.8, 4) is 0 Å². The van der Waals surface area contributed by atoms with Gasteiger partial charge in [0.25, 0.3) is 31.9 Å². The fraction of sp³-hybridized carbons (Fsp3) is 0.621. The van der Waals surface area contributed by atoms with E-state index in [0.717, 1.165) is 57.3 Å². The number of amides is 2. The predicted octanol–water partition coefficient (Wildman–Crippen LogP) is 10.6. The highest BCUT2D eigenvalue weighted by Gasteiger charge is 2.43. The maximum absolute atomic E-state index is 14.6. The molecule has 3 aliphatic heterocycles. The zero-order valence-corrected chi connectivity index (χ0v) is 50.2. The third-order valence-electron chi connectivity index (χ3n) is 14.4. The summed E-state index contributed by atoms with van der Waals surface area (Å²) in [5, 5.41) is 9.76. The largest absolute Gasteiger partial charge is 0.370 e. The summed E-state index contributed by atoms with van der Waals surface area (Å²) in [5.41, 5.74) is 0.658. The summed E-state index contributed by atoms with van der Waals surface area (Å²) < 4.78 is 71.1. The van der Waals surface area contributed by atoms with Gasteiger partial charge in [0.05, 0.1) is 11.1 Å². The van der Waals surface area contributed by atoms with Gasteiger partial charge in [-0.1, -0.05) is 95.2 Å². The summed E-state index contributed by atoms with van der Waals surface area (Å²) in [5.74, 6) is 0.335. The van der Waals surface area contributed by atoms with E-state index in [-0.39, 0.29) is 42.9 Å². The van der Waals surface area contributed by atoms with Gasteiger partial charge in [-0.05, 0) is 156 Å². The van der Waals surface area contributed by atoms with Gasteiger partial charge in [0, 0.05) is 52.9 Å². The molecular formula is C58H87FN10O6S2. The van der Waals surface area contributed by atoms with Crippen molar-refractivity contribution < 1.29 is 30.8 Å². The zero-order chi connectivity index (χ0) is 57.3. The van der Waals surface area contributed by atoms with Gasteiger partial charge in [-0.3, -0.25) is 9.59 Å². The highest BCUT2D eigenvalue weighted by Crippen LogP contribution is 2.42. The smallest absolute Gasteiger partial charge is 0.281 e. The molecule has 2 unspecified atom stereocenters. The number of nitrogens with zero attached hydrogens (tertiary/aromatic N) is 5. The lowest BCUT2D eigenvalue weighted by Crippen LogP contribution is -2.41. The van der Waals surface area contributed by atoms with Gasteiger partial charge in [0.2, 0.25) is 5.95 Å². The Morgan fingerprint density at radius 1 is 0.805 bits per heavy atom. The number of halogens is 1. The molecule has 0 aromatic carbocycles. The molecule has 0 aliphatic carbocycles. The van der Waals surface area contributed by atoms with E-state index >= 15 is 0 Å². The molecule has 3 aliphatic rings. The van der Waals surface area contributed by atoms with Crippen LogP contribution >= 0.6 is 0 Å². The normalized spacial score (nSPS) is 21.0. The minimum Gasteiger partial charge on any atom is -0.370 e. The van der Waals surface area contributed by atoms with Crippen LogP contribution in [0.2, 0.25) is 0 Å². The topological polar surface area (TPSA) is 217 Å². The van der Waals surface area contributed by atoms with Crippen LogP contribution in [0, 0.1) is 40.4 Å². The number of fused-ring (bicyclic) bond motifs is 6. The zero-order valence-electron chi connectivity index (χ0n) is 48.5.